The van der Waals surface area contributed by atoms with E-state index < -0.39 is 17.3 Å². The molecule has 1 aromatic carbocycles. The Bertz CT molecular complexity index is 516. The zero-order valence-corrected chi connectivity index (χ0v) is 11.6. The maximum Gasteiger partial charge on any atom is 0.416 e. The topological polar surface area (TPSA) is 29.1 Å². The van der Waals surface area contributed by atoms with Crippen LogP contribution in [0.25, 0.3) is 0 Å². The third-order valence-electron chi connectivity index (χ3n) is 4.08. The highest BCUT2D eigenvalue weighted by Crippen LogP contribution is 2.33. The Kier molecular flexibility index (Phi) is 3.91. The van der Waals surface area contributed by atoms with Gasteiger partial charge in [-0.2, -0.15) is 13.2 Å². The molecule has 0 radical (unpaired) electrons. The van der Waals surface area contributed by atoms with Crippen molar-refractivity contribution in [1.82, 2.24) is 5.32 Å². The number of rotatable bonds is 3. The van der Waals surface area contributed by atoms with Gasteiger partial charge in [-0.25, -0.2) is 0 Å². The molecule has 0 spiro atoms. The van der Waals surface area contributed by atoms with Gasteiger partial charge in [0, 0.05) is 5.56 Å². The summed E-state index contributed by atoms with van der Waals surface area (Å²) >= 11 is 0. The maximum absolute atomic E-state index is 12.6. The van der Waals surface area contributed by atoms with Crippen LogP contribution in [0.5, 0.6) is 0 Å². The molecule has 1 N–H and O–H groups in total. The summed E-state index contributed by atoms with van der Waals surface area (Å²) in [7, 11) is 0. The predicted molar refractivity (Wildman–Crippen MR) is 70.8 cm³/mol. The molecule has 0 aliphatic carbocycles. The summed E-state index contributed by atoms with van der Waals surface area (Å²) < 4.78 is 37.9. The lowest BCUT2D eigenvalue weighted by atomic mass is 9.83. The van der Waals surface area contributed by atoms with Gasteiger partial charge in [0.25, 0.3) is 0 Å². The number of ketones is 1. The van der Waals surface area contributed by atoms with E-state index >= 15 is 0 Å². The number of carbonyl (C=O) groups excluding carboxylic acids is 1. The molecular weight excluding hydrogens is 267 g/mol. The van der Waals surface area contributed by atoms with Crippen LogP contribution in [0.1, 0.15) is 47.7 Å². The van der Waals surface area contributed by atoms with Gasteiger partial charge in [0.1, 0.15) is 0 Å². The van der Waals surface area contributed by atoms with Crippen LogP contribution < -0.4 is 5.32 Å². The highest BCUT2D eigenvalue weighted by Gasteiger charge is 2.40. The largest absolute Gasteiger partial charge is 0.416 e. The molecule has 0 bridgehead atoms. The zero-order chi connectivity index (χ0) is 15.0. The lowest BCUT2D eigenvalue weighted by Crippen LogP contribution is -2.47. The zero-order valence-electron chi connectivity index (χ0n) is 11.6. The molecule has 110 valence electrons. The third-order valence-corrected chi connectivity index (χ3v) is 4.08. The summed E-state index contributed by atoms with van der Waals surface area (Å²) in [4.78, 5) is 12.6. The van der Waals surface area contributed by atoms with Gasteiger partial charge in [0.2, 0.25) is 0 Å². The Morgan fingerprint density at radius 2 is 2.10 bits per heavy atom. The molecule has 0 amide bonds. The van der Waals surface area contributed by atoms with Crippen molar-refractivity contribution < 1.29 is 18.0 Å². The predicted octanol–water partition coefficient (Wildman–Crippen LogP) is 3.73. The van der Waals surface area contributed by atoms with Crippen molar-refractivity contribution in [2.24, 2.45) is 0 Å². The van der Waals surface area contributed by atoms with Gasteiger partial charge in [-0.05, 0) is 50.4 Å². The number of benzene rings is 1. The first-order valence-corrected chi connectivity index (χ1v) is 6.78. The van der Waals surface area contributed by atoms with Crippen LogP contribution in [0.4, 0.5) is 13.2 Å². The average molecular weight is 285 g/mol. The fourth-order valence-corrected chi connectivity index (χ4v) is 2.81. The quantitative estimate of drug-likeness (QED) is 0.857. The van der Waals surface area contributed by atoms with Crippen molar-refractivity contribution >= 4 is 5.78 Å². The van der Waals surface area contributed by atoms with Gasteiger partial charge < -0.3 is 5.32 Å². The van der Waals surface area contributed by atoms with Crippen LogP contribution in [-0.4, -0.2) is 17.9 Å². The van der Waals surface area contributed by atoms with E-state index in [1.54, 1.807) is 6.92 Å². The first-order valence-electron chi connectivity index (χ1n) is 6.78. The van der Waals surface area contributed by atoms with E-state index in [1.807, 2.05) is 6.92 Å². The van der Waals surface area contributed by atoms with Gasteiger partial charge in [-0.1, -0.05) is 13.0 Å². The average Bonchev–Trinajstić information content (AvgIpc) is 2.86. The van der Waals surface area contributed by atoms with Crippen LogP contribution in [0.2, 0.25) is 0 Å². The number of aryl methyl sites for hydroxylation is 1. The first-order chi connectivity index (χ1) is 9.30. The minimum atomic E-state index is -4.37. The highest BCUT2D eigenvalue weighted by molar-refractivity contribution is 6.04. The van der Waals surface area contributed by atoms with Crippen molar-refractivity contribution in [2.45, 2.75) is 44.8 Å². The van der Waals surface area contributed by atoms with E-state index in [4.69, 9.17) is 0 Å². The molecule has 1 aromatic rings. The number of hydrogen-bond donors (Lipinski definition) is 1. The molecule has 1 aliphatic rings. The van der Waals surface area contributed by atoms with Gasteiger partial charge in [0.15, 0.2) is 5.78 Å². The molecule has 0 aromatic heterocycles. The van der Waals surface area contributed by atoms with Gasteiger partial charge in [-0.3, -0.25) is 4.79 Å². The molecule has 1 heterocycles. The van der Waals surface area contributed by atoms with Crippen molar-refractivity contribution in [3.05, 3.63) is 34.9 Å². The molecule has 1 aliphatic heterocycles. The molecule has 1 saturated heterocycles. The van der Waals surface area contributed by atoms with E-state index in [9.17, 15) is 18.0 Å². The molecule has 20 heavy (non-hydrogen) atoms. The molecule has 1 unspecified atom stereocenters. The number of hydrogen-bond acceptors (Lipinski definition) is 2. The Labute approximate surface area is 116 Å². The van der Waals surface area contributed by atoms with Gasteiger partial charge >= 0.3 is 6.18 Å². The van der Waals surface area contributed by atoms with Crippen molar-refractivity contribution in [3.8, 4) is 0 Å². The molecule has 5 heteroatoms. The fraction of sp³-hybridized carbons (Fsp3) is 0.533. The molecule has 2 rings (SSSR count). The smallest absolute Gasteiger partial charge is 0.305 e. The summed E-state index contributed by atoms with van der Waals surface area (Å²) in [6.45, 7) is 4.26. The van der Waals surface area contributed by atoms with E-state index in [0.717, 1.165) is 31.5 Å². The minimum Gasteiger partial charge on any atom is -0.305 e. The minimum absolute atomic E-state index is 0.0938. The second-order valence-electron chi connectivity index (χ2n) is 5.32. The summed E-state index contributed by atoms with van der Waals surface area (Å²) in [5, 5.41) is 3.22. The summed E-state index contributed by atoms with van der Waals surface area (Å²) in [6.07, 6.45) is -2.07. The molecular formula is C15H18F3NO. The molecule has 1 atom stereocenters. The normalized spacial score (nSPS) is 23.1. The highest BCUT2D eigenvalue weighted by atomic mass is 19.4. The maximum atomic E-state index is 12.6. The second-order valence-corrected chi connectivity index (χ2v) is 5.32. The fourth-order valence-electron chi connectivity index (χ4n) is 2.81. The van der Waals surface area contributed by atoms with E-state index in [0.29, 0.717) is 17.5 Å². The molecule has 2 nitrogen and oxygen atoms in total. The molecule has 1 fully saturated rings. The summed E-state index contributed by atoms with van der Waals surface area (Å²) in [6, 6.07) is 3.34. The summed E-state index contributed by atoms with van der Waals surface area (Å²) in [5.74, 6) is -0.0938. The van der Waals surface area contributed by atoms with Crippen molar-refractivity contribution in [2.75, 3.05) is 6.54 Å². The molecule has 0 saturated carbocycles. The van der Waals surface area contributed by atoms with Gasteiger partial charge in [-0.15, -0.1) is 0 Å². The Balaban J connectivity index is 2.36. The number of Topliss-reactive ketones (excluding diaryl/α,β-unsaturated/α-hetero) is 1. The number of carbonyl (C=O) groups is 1. The Hall–Kier alpha value is -1.36. The summed E-state index contributed by atoms with van der Waals surface area (Å²) in [5.41, 5.74) is -0.554. The van der Waals surface area contributed by atoms with Gasteiger partial charge in [0.05, 0.1) is 11.1 Å². The lowest BCUT2D eigenvalue weighted by molar-refractivity contribution is -0.137. The lowest BCUT2D eigenvalue weighted by Gasteiger charge is -2.27. The Morgan fingerprint density at radius 1 is 1.40 bits per heavy atom. The van der Waals surface area contributed by atoms with Crippen LogP contribution in [0.15, 0.2) is 18.2 Å². The number of nitrogens with one attached hydrogen (secondary N) is 1. The van der Waals surface area contributed by atoms with Crippen LogP contribution >= 0.6 is 0 Å². The van der Waals surface area contributed by atoms with Crippen LogP contribution in [0, 0.1) is 6.92 Å². The number of alkyl halides is 3. The van der Waals surface area contributed by atoms with Crippen LogP contribution in [-0.2, 0) is 6.18 Å². The Morgan fingerprint density at radius 3 is 2.55 bits per heavy atom. The number of halogens is 3. The van der Waals surface area contributed by atoms with E-state index in [2.05, 4.69) is 5.32 Å². The van der Waals surface area contributed by atoms with Crippen molar-refractivity contribution in [3.63, 3.8) is 0 Å². The van der Waals surface area contributed by atoms with E-state index in [1.165, 1.54) is 6.07 Å². The third kappa shape index (κ3) is 2.59. The first kappa shape index (κ1) is 15.0. The SMILES string of the molecule is CCC1(C(=O)c2ccc(C(F)(F)F)cc2C)CCCN1. The monoisotopic (exact) mass is 285 g/mol. The van der Waals surface area contributed by atoms with Crippen molar-refractivity contribution in [1.29, 1.82) is 0 Å². The van der Waals surface area contributed by atoms with Crippen LogP contribution in [0.3, 0.4) is 0 Å². The van der Waals surface area contributed by atoms with E-state index in [-0.39, 0.29) is 5.78 Å². The standard InChI is InChI=1S/C15H18F3NO/c1-3-14(7-4-8-19-14)13(20)12-6-5-11(9-10(12)2)15(16,17)18/h5-6,9,19H,3-4,7-8H2,1-2H3. The second kappa shape index (κ2) is 5.20.